The molecule has 7 nitrogen and oxygen atoms in total. The predicted molar refractivity (Wildman–Crippen MR) is 98.3 cm³/mol. The fourth-order valence-corrected chi connectivity index (χ4v) is 2.96. The smallest absolute Gasteiger partial charge is 0.410 e. The Labute approximate surface area is 152 Å². The second-order valence-electron chi connectivity index (χ2n) is 6.20. The zero-order chi connectivity index (χ0) is 18.7. The van der Waals surface area contributed by atoms with Gasteiger partial charge in [-0.2, -0.15) is 0 Å². The van der Waals surface area contributed by atoms with E-state index in [1.54, 1.807) is 36.2 Å². The summed E-state index contributed by atoms with van der Waals surface area (Å²) >= 11 is 0. The number of ether oxygens (including phenoxy) is 1. The van der Waals surface area contributed by atoms with Crippen molar-refractivity contribution in [3.63, 3.8) is 0 Å². The number of likely N-dealkylation sites (N-methyl/N-ethyl adjacent to an activating group) is 1. The molecular weight excluding hydrogens is 332 g/mol. The first-order valence-electron chi connectivity index (χ1n) is 8.22. The number of nitrogens with zero attached hydrogens (tertiary/aromatic N) is 2. The van der Waals surface area contributed by atoms with Gasteiger partial charge in [0.15, 0.2) is 6.10 Å². The summed E-state index contributed by atoms with van der Waals surface area (Å²) in [5, 5.41) is 10.8. The van der Waals surface area contributed by atoms with Gasteiger partial charge in [-0.1, -0.05) is 30.3 Å². The molecule has 7 heteroatoms. The van der Waals surface area contributed by atoms with Crippen molar-refractivity contribution in [2.24, 2.45) is 11.6 Å². The molecule has 1 heterocycles. The van der Waals surface area contributed by atoms with Crippen LogP contribution in [0, 0.1) is 0 Å². The van der Waals surface area contributed by atoms with Gasteiger partial charge in [0.05, 0.1) is 17.9 Å². The molecule has 0 aliphatic carbocycles. The van der Waals surface area contributed by atoms with E-state index in [9.17, 15) is 9.90 Å². The highest BCUT2D eigenvalue weighted by molar-refractivity contribution is 5.73. The van der Waals surface area contributed by atoms with Crippen LogP contribution in [0.4, 0.5) is 4.79 Å². The minimum atomic E-state index is -0.574. The van der Waals surface area contributed by atoms with E-state index in [0.29, 0.717) is 30.0 Å². The van der Waals surface area contributed by atoms with Gasteiger partial charge in [0, 0.05) is 13.6 Å². The first-order chi connectivity index (χ1) is 12.5. The number of carbonyl (C=O) groups excluding carboxylic acids is 1. The Morgan fingerprint density at radius 2 is 1.88 bits per heavy atom. The number of carbonyl (C=O) groups is 1. The third-order valence-electron chi connectivity index (χ3n) is 4.24. The molecule has 3 rings (SSSR count). The summed E-state index contributed by atoms with van der Waals surface area (Å²) in [6.45, 7) is 0.806. The molecule has 2 aromatic rings. The molecule has 1 fully saturated rings. The van der Waals surface area contributed by atoms with E-state index < -0.39 is 12.2 Å². The van der Waals surface area contributed by atoms with Crippen LogP contribution in [-0.2, 0) is 11.3 Å². The molecule has 2 aromatic carbocycles. The van der Waals surface area contributed by atoms with E-state index in [-0.39, 0.29) is 5.75 Å². The standard InChI is InChI=1S/C19H22N4O3/c1-22(21)18(17(20)14-7-9-15(24)10-8-14)16-12-23(19(25)26-16)11-13-5-3-2-4-6-13/h2-10,16,24H,11-12,20-21H2,1H3/b18-17-. The maximum Gasteiger partial charge on any atom is 0.410 e. The Balaban J connectivity index is 1.84. The monoisotopic (exact) mass is 354 g/mol. The summed E-state index contributed by atoms with van der Waals surface area (Å²) < 4.78 is 5.51. The van der Waals surface area contributed by atoms with Crippen LogP contribution in [-0.4, -0.2) is 40.8 Å². The number of hydrogen-bond donors (Lipinski definition) is 3. The molecule has 1 aliphatic rings. The molecule has 0 spiro atoms. The summed E-state index contributed by atoms with van der Waals surface area (Å²) in [4.78, 5) is 13.9. The van der Waals surface area contributed by atoms with Crippen LogP contribution in [0.15, 0.2) is 60.3 Å². The Bertz CT molecular complexity index is 803. The van der Waals surface area contributed by atoms with Crippen molar-refractivity contribution in [1.29, 1.82) is 0 Å². The van der Waals surface area contributed by atoms with Crippen molar-refractivity contribution in [2.75, 3.05) is 13.6 Å². The highest BCUT2D eigenvalue weighted by Gasteiger charge is 2.36. The number of hydrogen-bond acceptors (Lipinski definition) is 6. The third-order valence-corrected chi connectivity index (χ3v) is 4.24. The van der Waals surface area contributed by atoms with Crippen molar-refractivity contribution in [1.82, 2.24) is 9.91 Å². The molecule has 1 amide bonds. The molecule has 136 valence electrons. The van der Waals surface area contributed by atoms with E-state index in [1.165, 1.54) is 5.01 Å². The quantitative estimate of drug-likeness (QED) is 0.559. The SMILES string of the molecule is CN(N)/C(=C(\N)c1ccc(O)cc1)C1CN(Cc2ccccc2)C(=O)O1. The zero-order valence-corrected chi connectivity index (χ0v) is 14.5. The minimum absolute atomic E-state index is 0.144. The lowest BCUT2D eigenvalue weighted by molar-refractivity contribution is 0.133. The lowest BCUT2D eigenvalue weighted by Gasteiger charge is -2.23. The van der Waals surface area contributed by atoms with Crippen LogP contribution in [0.2, 0.25) is 0 Å². The zero-order valence-electron chi connectivity index (χ0n) is 14.5. The van der Waals surface area contributed by atoms with Crippen molar-refractivity contribution in [3.05, 3.63) is 71.4 Å². The molecule has 0 aromatic heterocycles. The van der Waals surface area contributed by atoms with Gasteiger partial charge in [0.2, 0.25) is 0 Å². The molecule has 26 heavy (non-hydrogen) atoms. The summed E-state index contributed by atoms with van der Waals surface area (Å²) in [5.74, 6) is 6.11. The molecular formula is C19H22N4O3. The van der Waals surface area contributed by atoms with Crippen molar-refractivity contribution in [3.8, 4) is 5.75 Å². The van der Waals surface area contributed by atoms with E-state index in [0.717, 1.165) is 5.56 Å². The van der Waals surface area contributed by atoms with Gasteiger partial charge in [-0.25, -0.2) is 10.6 Å². The van der Waals surface area contributed by atoms with Crippen LogP contribution in [0.1, 0.15) is 11.1 Å². The van der Waals surface area contributed by atoms with Gasteiger partial charge < -0.3 is 20.6 Å². The molecule has 1 saturated heterocycles. The van der Waals surface area contributed by atoms with E-state index in [1.807, 2.05) is 30.3 Å². The third kappa shape index (κ3) is 3.73. The molecule has 1 atom stereocenters. The normalized spacial score (nSPS) is 17.7. The van der Waals surface area contributed by atoms with Crippen LogP contribution >= 0.6 is 0 Å². The number of amides is 1. The van der Waals surface area contributed by atoms with Gasteiger partial charge in [0.25, 0.3) is 0 Å². The summed E-state index contributed by atoms with van der Waals surface area (Å²) in [6, 6.07) is 16.1. The summed E-state index contributed by atoms with van der Waals surface area (Å²) in [5.41, 5.74) is 8.90. The number of hydrazine groups is 1. The summed E-state index contributed by atoms with van der Waals surface area (Å²) in [7, 11) is 1.65. The van der Waals surface area contributed by atoms with Crippen LogP contribution in [0.5, 0.6) is 5.75 Å². The number of rotatable bonds is 5. The lowest BCUT2D eigenvalue weighted by Crippen LogP contribution is -2.36. The van der Waals surface area contributed by atoms with Gasteiger partial charge in [-0.15, -0.1) is 0 Å². The largest absolute Gasteiger partial charge is 0.508 e. The first-order valence-corrected chi connectivity index (χ1v) is 8.22. The number of nitrogens with two attached hydrogens (primary N) is 2. The van der Waals surface area contributed by atoms with E-state index in [4.69, 9.17) is 16.3 Å². The Kier molecular flexibility index (Phi) is 4.99. The second kappa shape index (κ2) is 7.37. The maximum atomic E-state index is 12.3. The van der Waals surface area contributed by atoms with E-state index in [2.05, 4.69) is 0 Å². The second-order valence-corrected chi connectivity index (χ2v) is 6.20. The fourth-order valence-electron chi connectivity index (χ4n) is 2.96. The Morgan fingerprint density at radius 3 is 2.50 bits per heavy atom. The van der Waals surface area contributed by atoms with Gasteiger partial charge in [-0.05, 0) is 35.4 Å². The average Bonchev–Trinajstić information content (AvgIpc) is 2.96. The highest BCUT2D eigenvalue weighted by atomic mass is 16.6. The molecule has 0 bridgehead atoms. The van der Waals surface area contributed by atoms with Crippen molar-refractivity contribution in [2.45, 2.75) is 12.6 Å². The number of cyclic esters (lactones) is 1. The number of phenols is 1. The number of aromatic hydroxyl groups is 1. The molecule has 0 saturated carbocycles. The van der Waals surface area contributed by atoms with Crippen LogP contribution < -0.4 is 11.6 Å². The number of phenolic OH excluding ortho intramolecular Hbond substituents is 1. The van der Waals surface area contributed by atoms with Gasteiger partial charge in [0.1, 0.15) is 5.75 Å². The predicted octanol–water partition coefficient (Wildman–Crippen LogP) is 1.85. The molecule has 0 radical (unpaired) electrons. The molecule has 1 unspecified atom stereocenters. The lowest BCUT2D eigenvalue weighted by atomic mass is 10.1. The van der Waals surface area contributed by atoms with Crippen molar-refractivity contribution >= 4 is 11.8 Å². The Morgan fingerprint density at radius 1 is 1.23 bits per heavy atom. The topological polar surface area (TPSA) is 105 Å². The first kappa shape index (κ1) is 17.6. The van der Waals surface area contributed by atoms with Crippen molar-refractivity contribution < 1.29 is 14.6 Å². The molecule has 1 aliphatic heterocycles. The average molecular weight is 354 g/mol. The number of benzene rings is 2. The van der Waals surface area contributed by atoms with Gasteiger partial charge >= 0.3 is 6.09 Å². The highest BCUT2D eigenvalue weighted by Crippen LogP contribution is 2.26. The van der Waals surface area contributed by atoms with Gasteiger partial charge in [-0.3, -0.25) is 4.90 Å². The Hall–Kier alpha value is -3.19. The van der Waals surface area contributed by atoms with Crippen LogP contribution in [0.3, 0.4) is 0 Å². The van der Waals surface area contributed by atoms with E-state index >= 15 is 0 Å². The minimum Gasteiger partial charge on any atom is -0.508 e. The fraction of sp³-hybridized carbons (Fsp3) is 0.211. The molecule has 5 N–H and O–H groups in total. The summed E-state index contributed by atoms with van der Waals surface area (Å²) in [6.07, 6.45) is -0.980. The maximum absolute atomic E-state index is 12.3. The van der Waals surface area contributed by atoms with Crippen LogP contribution in [0.25, 0.3) is 5.70 Å².